The lowest BCUT2D eigenvalue weighted by molar-refractivity contribution is -0.141. The van der Waals surface area contributed by atoms with Gasteiger partial charge < -0.3 is 15.3 Å². The van der Waals surface area contributed by atoms with Gasteiger partial charge in [-0.1, -0.05) is 28.1 Å². The average Bonchev–Trinajstić information content (AvgIpc) is 2.17. The number of hydrogen-bond donors (Lipinski definition) is 3. The van der Waals surface area contributed by atoms with Crippen molar-refractivity contribution in [3.05, 3.63) is 34.3 Å². The Morgan fingerprint density at radius 2 is 1.80 bits per heavy atom. The number of aliphatic hydroxyl groups excluding tert-OH is 2. The van der Waals surface area contributed by atoms with Crippen LogP contribution in [-0.2, 0) is 4.79 Å². The maximum atomic E-state index is 10.3. The third-order valence-electron chi connectivity index (χ3n) is 1.96. The fourth-order valence-corrected chi connectivity index (χ4v) is 1.44. The normalized spacial score (nSPS) is 14.6. The number of benzene rings is 1. The van der Waals surface area contributed by atoms with Crippen molar-refractivity contribution in [2.24, 2.45) is 0 Å². The summed E-state index contributed by atoms with van der Waals surface area (Å²) in [6.07, 6.45) is -2.94. The first kappa shape index (κ1) is 12.2. The number of carboxylic acid groups (broad SMARTS) is 1. The smallest absolute Gasteiger partial charge is 0.306 e. The van der Waals surface area contributed by atoms with Gasteiger partial charge in [-0.25, -0.2) is 0 Å². The first-order valence-electron chi connectivity index (χ1n) is 4.34. The van der Waals surface area contributed by atoms with Crippen molar-refractivity contribution in [3.8, 4) is 0 Å². The molecule has 4 nitrogen and oxygen atoms in total. The van der Waals surface area contributed by atoms with Gasteiger partial charge in [0.15, 0.2) is 0 Å². The number of aliphatic hydroxyl groups is 2. The molecule has 0 fully saturated rings. The highest BCUT2D eigenvalue weighted by Crippen LogP contribution is 2.21. The lowest BCUT2D eigenvalue weighted by Crippen LogP contribution is -2.21. The van der Waals surface area contributed by atoms with E-state index in [9.17, 15) is 15.0 Å². The molecule has 0 aliphatic carbocycles. The van der Waals surface area contributed by atoms with E-state index in [2.05, 4.69) is 15.9 Å². The van der Waals surface area contributed by atoms with Gasteiger partial charge in [-0.05, 0) is 17.7 Å². The Kier molecular flexibility index (Phi) is 4.26. The van der Waals surface area contributed by atoms with Gasteiger partial charge in [0.05, 0.1) is 12.5 Å². The Bertz CT molecular complexity index is 336. The van der Waals surface area contributed by atoms with Crippen LogP contribution in [0.2, 0.25) is 0 Å². The molecule has 1 aromatic rings. The summed E-state index contributed by atoms with van der Waals surface area (Å²) in [5.41, 5.74) is 0.493. The van der Waals surface area contributed by atoms with Crippen LogP contribution in [0, 0.1) is 0 Å². The molecule has 0 bridgehead atoms. The quantitative estimate of drug-likeness (QED) is 0.774. The molecule has 0 aromatic heterocycles. The van der Waals surface area contributed by atoms with E-state index in [0.717, 1.165) is 4.47 Å². The summed E-state index contributed by atoms with van der Waals surface area (Å²) in [5, 5.41) is 27.4. The Labute approximate surface area is 95.3 Å². The largest absolute Gasteiger partial charge is 0.481 e. The molecule has 15 heavy (non-hydrogen) atoms. The molecule has 5 heteroatoms. The van der Waals surface area contributed by atoms with Gasteiger partial charge in [-0.3, -0.25) is 4.79 Å². The second-order valence-electron chi connectivity index (χ2n) is 3.16. The van der Waals surface area contributed by atoms with E-state index in [1.54, 1.807) is 24.3 Å². The van der Waals surface area contributed by atoms with Gasteiger partial charge in [0, 0.05) is 4.47 Å². The van der Waals surface area contributed by atoms with Crippen molar-refractivity contribution >= 4 is 21.9 Å². The third kappa shape index (κ3) is 3.62. The summed E-state index contributed by atoms with van der Waals surface area (Å²) in [6, 6.07) is 6.68. The highest BCUT2D eigenvalue weighted by atomic mass is 79.9. The average molecular weight is 275 g/mol. The minimum atomic E-state index is -1.29. The van der Waals surface area contributed by atoms with Crippen LogP contribution in [0.25, 0.3) is 0 Å². The van der Waals surface area contributed by atoms with Crippen molar-refractivity contribution in [3.63, 3.8) is 0 Å². The molecule has 0 aliphatic heterocycles. The summed E-state index contributed by atoms with van der Waals surface area (Å²) in [4.78, 5) is 10.3. The first-order chi connectivity index (χ1) is 7.00. The lowest BCUT2D eigenvalue weighted by atomic mass is 10.0. The molecule has 0 saturated carbocycles. The SMILES string of the molecule is O=C(O)CC(O)C(O)c1ccc(Br)cc1. The molecule has 3 N–H and O–H groups in total. The minimum absolute atomic E-state index is 0.475. The van der Waals surface area contributed by atoms with E-state index in [1.165, 1.54) is 0 Å². The molecule has 0 saturated heterocycles. The first-order valence-corrected chi connectivity index (χ1v) is 5.13. The highest BCUT2D eigenvalue weighted by molar-refractivity contribution is 9.10. The van der Waals surface area contributed by atoms with Crippen LogP contribution < -0.4 is 0 Å². The van der Waals surface area contributed by atoms with E-state index in [0.29, 0.717) is 5.56 Å². The fourth-order valence-electron chi connectivity index (χ4n) is 1.17. The van der Waals surface area contributed by atoms with E-state index < -0.39 is 24.6 Å². The van der Waals surface area contributed by atoms with Gasteiger partial charge >= 0.3 is 5.97 Å². The fraction of sp³-hybridized carbons (Fsp3) is 0.300. The van der Waals surface area contributed by atoms with Gasteiger partial charge in [-0.15, -0.1) is 0 Å². The number of aliphatic carboxylic acids is 1. The molecule has 0 heterocycles. The summed E-state index contributed by atoms with van der Waals surface area (Å²) in [7, 11) is 0. The lowest BCUT2D eigenvalue weighted by Gasteiger charge is -2.16. The van der Waals surface area contributed by atoms with Crippen LogP contribution in [-0.4, -0.2) is 27.4 Å². The Morgan fingerprint density at radius 1 is 1.27 bits per heavy atom. The molecular weight excluding hydrogens is 264 g/mol. The van der Waals surface area contributed by atoms with Crippen molar-refractivity contribution < 1.29 is 20.1 Å². The predicted molar refractivity (Wildman–Crippen MR) is 57.4 cm³/mol. The van der Waals surface area contributed by atoms with Crippen LogP contribution in [0.5, 0.6) is 0 Å². The second-order valence-corrected chi connectivity index (χ2v) is 4.08. The monoisotopic (exact) mass is 274 g/mol. The number of hydrogen-bond acceptors (Lipinski definition) is 3. The van der Waals surface area contributed by atoms with Crippen LogP contribution in [0.3, 0.4) is 0 Å². The molecule has 1 aromatic carbocycles. The number of carboxylic acids is 1. The van der Waals surface area contributed by atoms with Crippen molar-refractivity contribution in [2.75, 3.05) is 0 Å². The molecule has 0 spiro atoms. The van der Waals surface area contributed by atoms with Crippen molar-refractivity contribution in [1.82, 2.24) is 0 Å². The third-order valence-corrected chi connectivity index (χ3v) is 2.49. The molecule has 2 atom stereocenters. The van der Waals surface area contributed by atoms with Gasteiger partial charge in [0.1, 0.15) is 6.10 Å². The number of carbonyl (C=O) groups is 1. The molecule has 82 valence electrons. The molecule has 0 amide bonds. The van der Waals surface area contributed by atoms with Crippen LogP contribution >= 0.6 is 15.9 Å². The van der Waals surface area contributed by atoms with Crippen LogP contribution in [0.4, 0.5) is 0 Å². The molecule has 2 unspecified atom stereocenters. The topological polar surface area (TPSA) is 77.8 Å². The predicted octanol–water partition coefficient (Wildman–Crippen LogP) is 1.32. The maximum absolute atomic E-state index is 10.3. The standard InChI is InChI=1S/C10H11BrO4/c11-7-3-1-6(2-4-7)10(15)8(12)5-9(13)14/h1-4,8,10,12,15H,5H2,(H,13,14). The molecule has 0 aliphatic rings. The van der Waals surface area contributed by atoms with Crippen LogP contribution in [0.15, 0.2) is 28.7 Å². The Morgan fingerprint density at radius 3 is 2.27 bits per heavy atom. The summed E-state index contributed by atoms with van der Waals surface area (Å²) < 4.78 is 0.853. The minimum Gasteiger partial charge on any atom is -0.481 e. The van der Waals surface area contributed by atoms with Gasteiger partial charge in [0.25, 0.3) is 0 Å². The van der Waals surface area contributed by atoms with Gasteiger partial charge in [0.2, 0.25) is 0 Å². The summed E-state index contributed by atoms with van der Waals surface area (Å²) >= 11 is 3.23. The molecule has 0 radical (unpaired) electrons. The molecule has 1 rings (SSSR count). The summed E-state index contributed by atoms with van der Waals surface area (Å²) in [5.74, 6) is -1.14. The van der Waals surface area contributed by atoms with E-state index in [4.69, 9.17) is 5.11 Å². The van der Waals surface area contributed by atoms with Crippen molar-refractivity contribution in [2.45, 2.75) is 18.6 Å². The maximum Gasteiger partial charge on any atom is 0.306 e. The van der Waals surface area contributed by atoms with Crippen LogP contribution in [0.1, 0.15) is 18.1 Å². The Balaban J connectivity index is 2.71. The molecular formula is C10H11BrO4. The van der Waals surface area contributed by atoms with E-state index in [-0.39, 0.29) is 0 Å². The van der Waals surface area contributed by atoms with E-state index in [1.807, 2.05) is 0 Å². The van der Waals surface area contributed by atoms with Gasteiger partial charge in [-0.2, -0.15) is 0 Å². The van der Waals surface area contributed by atoms with E-state index >= 15 is 0 Å². The zero-order valence-electron chi connectivity index (χ0n) is 7.80. The highest BCUT2D eigenvalue weighted by Gasteiger charge is 2.20. The zero-order valence-corrected chi connectivity index (χ0v) is 9.39. The Hall–Kier alpha value is -0.910. The number of halogens is 1. The second kappa shape index (κ2) is 5.25. The number of rotatable bonds is 4. The zero-order chi connectivity index (χ0) is 11.4. The van der Waals surface area contributed by atoms with Crippen molar-refractivity contribution in [1.29, 1.82) is 0 Å². The summed E-state index contributed by atoms with van der Waals surface area (Å²) in [6.45, 7) is 0.